The van der Waals surface area contributed by atoms with Gasteiger partial charge in [0.25, 0.3) is 5.91 Å². The van der Waals surface area contributed by atoms with Gasteiger partial charge in [-0.15, -0.1) is 0 Å². The number of pyridine rings is 1. The van der Waals surface area contributed by atoms with Gasteiger partial charge in [-0.25, -0.2) is 4.98 Å². The highest BCUT2D eigenvalue weighted by Gasteiger charge is 2.25. The topological polar surface area (TPSA) is 54.0 Å². The minimum atomic E-state index is -0.0818. The molecule has 21 heavy (non-hydrogen) atoms. The van der Waals surface area contributed by atoms with E-state index in [9.17, 15) is 4.79 Å². The number of carbonyl (C=O) groups is 1. The van der Waals surface area contributed by atoms with E-state index in [1.165, 1.54) is 12.8 Å². The van der Waals surface area contributed by atoms with Gasteiger partial charge in [-0.05, 0) is 31.4 Å². The summed E-state index contributed by atoms with van der Waals surface area (Å²) in [6, 6.07) is 3.95. The van der Waals surface area contributed by atoms with Crippen LogP contribution < -0.4 is 10.6 Å². The third kappa shape index (κ3) is 4.45. The van der Waals surface area contributed by atoms with Crippen molar-refractivity contribution in [1.82, 2.24) is 10.3 Å². The number of carbonyl (C=O) groups excluding carboxylic acids is 1. The van der Waals surface area contributed by atoms with Gasteiger partial charge in [0.05, 0.1) is 0 Å². The van der Waals surface area contributed by atoms with Crippen molar-refractivity contribution in [3.63, 3.8) is 0 Å². The van der Waals surface area contributed by atoms with Crippen LogP contribution in [-0.4, -0.2) is 24.0 Å². The molecule has 1 aromatic heterocycles. The molecule has 1 aliphatic carbocycles. The molecule has 1 aromatic rings. The van der Waals surface area contributed by atoms with E-state index in [-0.39, 0.29) is 17.4 Å². The summed E-state index contributed by atoms with van der Waals surface area (Å²) in [5, 5.41) is 6.14. The molecular weight excluding hydrogens is 262 g/mol. The molecule has 0 radical (unpaired) electrons. The fourth-order valence-electron chi connectivity index (χ4n) is 2.39. The second-order valence-corrected chi connectivity index (χ2v) is 7.18. The van der Waals surface area contributed by atoms with E-state index in [1.54, 1.807) is 0 Å². The Balaban J connectivity index is 2.14. The van der Waals surface area contributed by atoms with Crippen molar-refractivity contribution in [2.24, 2.45) is 5.92 Å². The van der Waals surface area contributed by atoms with E-state index in [2.05, 4.69) is 43.3 Å². The smallest absolute Gasteiger partial charge is 0.251 e. The first-order valence-corrected chi connectivity index (χ1v) is 7.81. The van der Waals surface area contributed by atoms with Crippen molar-refractivity contribution in [2.75, 3.05) is 12.4 Å². The van der Waals surface area contributed by atoms with Gasteiger partial charge in [0, 0.05) is 29.8 Å². The first-order valence-electron chi connectivity index (χ1n) is 7.81. The molecule has 4 nitrogen and oxygen atoms in total. The van der Waals surface area contributed by atoms with Crippen LogP contribution in [0.25, 0.3) is 0 Å². The first-order chi connectivity index (χ1) is 9.79. The van der Waals surface area contributed by atoms with Gasteiger partial charge in [0.2, 0.25) is 0 Å². The molecule has 116 valence electrons. The molecule has 4 heteroatoms. The summed E-state index contributed by atoms with van der Waals surface area (Å²) in [5.74, 6) is 1.55. The monoisotopic (exact) mass is 289 g/mol. The molecule has 1 heterocycles. The van der Waals surface area contributed by atoms with Crippen molar-refractivity contribution in [2.45, 2.75) is 58.4 Å². The Labute approximate surface area is 127 Å². The quantitative estimate of drug-likeness (QED) is 0.874. The molecule has 0 aliphatic heterocycles. The molecular formula is C17H27N3O. The van der Waals surface area contributed by atoms with E-state index in [0.29, 0.717) is 5.56 Å². The molecule has 0 saturated heterocycles. The third-order valence-corrected chi connectivity index (χ3v) is 3.87. The molecule has 0 aromatic carbocycles. The number of nitrogens with one attached hydrogen (secondary N) is 2. The number of hydrogen-bond donors (Lipinski definition) is 2. The lowest BCUT2D eigenvalue weighted by Gasteiger charge is -2.20. The highest BCUT2D eigenvalue weighted by molar-refractivity contribution is 5.95. The number of nitrogens with zero attached hydrogens (tertiary/aromatic N) is 1. The van der Waals surface area contributed by atoms with Crippen LogP contribution in [0.4, 0.5) is 5.82 Å². The third-order valence-electron chi connectivity index (χ3n) is 3.87. The molecule has 1 aliphatic rings. The first kappa shape index (κ1) is 15.8. The second kappa shape index (κ2) is 6.04. The Hall–Kier alpha value is -1.58. The van der Waals surface area contributed by atoms with Gasteiger partial charge in [-0.1, -0.05) is 33.6 Å². The van der Waals surface area contributed by atoms with Gasteiger partial charge in [0.1, 0.15) is 5.82 Å². The maximum absolute atomic E-state index is 12.4. The zero-order chi connectivity index (χ0) is 15.6. The zero-order valence-electron chi connectivity index (χ0n) is 13.8. The maximum atomic E-state index is 12.4. The summed E-state index contributed by atoms with van der Waals surface area (Å²) in [5.41, 5.74) is 1.53. The van der Waals surface area contributed by atoms with E-state index >= 15 is 0 Å². The molecule has 1 unspecified atom stereocenters. The molecule has 2 rings (SSSR count). The molecule has 1 fully saturated rings. The highest BCUT2D eigenvalue weighted by Crippen LogP contribution is 2.33. The molecule has 2 N–H and O–H groups in total. The minimum absolute atomic E-state index is 0.00690. The largest absolute Gasteiger partial charge is 0.373 e. The predicted molar refractivity (Wildman–Crippen MR) is 86.8 cm³/mol. The molecule has 0 bridgehead atoms. The van der Waals surface area contributed by atoms with Gasteiger partial charge in [-0.2, -0.15) is 0 Å². The van der Waals surface area contributed by atoms with Crippen molar-refractivity contribution in [3.05, 3.63) is 23.4 Å². The van der Waals surface area contributed by atoms with Gasteiger partial charge in [0.15, 0.2) is 0 Å². The van der Waals surface area contributed by atoms with Crippen LogP contribution in [0.5, 0.6) is 0 Å². The van der Waals surface area contributed by atoms with Crippen LogP contribution in [0, 0.1) is 5.92 Å². The maximum Gasteiger partial charge on any atom is 0.251 e. The molecule has 0 spiro atoms. The van der Waals surface area contributed by atoms with E-state index in [4.69, 9.17) is 0 Å². The summed E-state index contributed by atoms with van der Waals surface area (Å²) >= 11 is 0. The Morgan fingerprint density at radius 2 is 2.05 bits per heavy atom. The zero-order valence-corrected chi connectivity index (χ0v) is 13.8. The minimum Gasteiger partial charge on any atom is -0.373 e. The second-order valence-electron chi connectivity index (χ2n) is 7.18. The number of hydrogen-bond acceptors (Lipinski definition) is 3. The Kier molecular flexibility index (Phi) is 4.55. The number of anilines is 1. The van der Waals surface area contributed by atoms with Crippen LogP contribution in [0.3, 0.4) is 0 Å². The number of aromatic nitrogens is 1. The summed E-state index contributed by atoms with van der Waals surface area (Å²) < 4.78 is 0. The summed E-state index contributed by atoms with van der Waals surface area (Å²) in [7, 11) is 1.83. The molecule has 1 saturated carbocycles. The van der Waals surface area contributed by atoms with E-state index in [1.807, 2.05) is 19.2 Å². The van der Waals surface area contributed by atoms with Crippen LogP contribution >= 0.6 is 0 Å². The van der Waals surface area contributed by atoms with Crippen molar-refractivity contribution < 1.29 is 4.79 Å². The van der Waals surface area contributed by atoms with Crippen molar-refractivity contribution in [1.29, 1.82) is 0 Å². The van der Waals surface area contributed by atoms with Crippen molar-refractivity contribution in [3.8, 4) is 0 Å². The van der Waals surface area contributed by atoms with Gasteiger partial charge < -0.3 is 10.6 Å². The average Bonchev–Trinajstić information content (AvgIpc) is 3.20. The van der Waals surface area contributed by atoms with Gasteiger partial charge >= 0.3 is 0 Å². The Morgan fingerprint density at radius 3 is 2.57 bits per heavy atom. The normalized spacial score (nSPS) is 16.4. The number of rotatable bonds is 5. The Morgan fingerprint density at radius 1 is 1.38 bits per heavy atom. The fraction of sp³-hybridized carbons (Fsp3) is 0.647. The van der Waals surface area contributed by atoms with E-state index < -0.39 is 0 Å². The lowest BCUT2D eigenvalue weighted by molar-refractivity contribution is 0.0937. The summed E-state index contributed by atoms with van der Waals surface area (Å²) in [4.78, 5) is 17.0. The lowest BCUT2D eigenvalue weighted by atomic mass is 9.90. The molecule has 1 amide bonds. The standard InChI is InChI=1S/C17H27N3O/c1-11(8-12-6-7-12)19-16(21)13-9-14(17(2,3)4)20-15(10-13)18-5/h9-12H,6-8H2,1-5H3,(H,18,20)(H,19,21). The number of amides is 1. The molecule has 1 atom stereocenters. The SMILES string of the molecule is CNc1cc(C(=O)NC(C)CC2CC2)cc(C(C)(C)C)n1. The summed E-state index contributed by atoms with van der Waals surface area (Å²) in [6.45, 7) is 8.39. The van der Waals surface area contributed by atoms with Gasteiger partial charge in [-0.3, -0.25) is 4.79 Å². The van der Waals surface area contributed by atoms with Crippen LogP contribution in [0.2, 0.25) is 0 Å². The highest BCUT2D eigenvalue weighted by atomic mass is 16.1. The van der Waals surface area contributed by atoms with Crippen LogP contribution in [-0.2, 0) is 5.41 Å². The van der Waals surface area contributed by atoms with E-state index in [0.717, 1.165) is 23.9 Å². The average molecular weight is 289 g/mol. The lowest BCUT2D eigenvalue weighted by Crippen LogP contribution is -2.33. The Bertz CT molecular complexity index is 515. The predicted octanol–water partition coefficient (Wildman–Crippen LogP) is 3.34. The van der Waals surface area contributed by atoms with Crippen LogP contribution in [0.1, 0.15) is 63.0 Å². The van der Waals surface area contributed by atoms with Crippen molar-refractivity contribution >= 4 is 11.7 Å². The summed E-state index contributed by atoms with van der Waals surface area (Å²) in [6.07, 6.45) is 3.71. The van der Waals surface area contributed by atoms with Crippen LogP contribution in [0.15, 0.2) is 12.1 Å². The fourth-order valence-corrected chi connectivity index (χ4v) is 2.39.